The molecule has 0 saturated heterocycles. The van der Waals surface area contributed by atoms with Gasteiger partial charge in [-0.25, -0.2) is 0 Å². The van der Waals surface area contributed by atoms with Crippen molar-refractivity contribution >= 4 is 11.9 Å². The Balaban J connectivity index is 4.30. The maximum atomic E-state index is 10.9. The van der Waals surface area contributed by atoms with Crippen LogP contribution in [-0.2, 0) is 4.79 Å². The highest BCUT2D eigenvalue weighted by molar-refractivity contribution is 5.75. The molecule has 0 amide bonds. The van der Waals surface area contributed by atoms with Gasteiger partial charge in [-0.3, -0.25) is 9.79 Å². The van der Waals surface area contributed by atoms with Crippen molar-refractivity contribution in [1.29, 1.82) is 0 Å². The van der Waals surface area contributed by atoms with E-state index in [0.29, 0.717) is 13.0 Å². The van der Waals surface area contributed by atoms with Crippen molar-refractivity contribution in [2.45, 2.75) is 32.2 Å². The van der Waals surface area contributed by atoms with Gasteiger partial charge in [0, 0.05) is 6.54 Å². The lowest BCUT2D eigenvalue weighted by Crippen LogP contribution is -2.36. The molecule has 94 valence electrons. The van der Waals surface area contributed by atoms with Crippen LogP contribution in [0.25, 0.3) is 0 Å². The van der Waals surface area contributed by atoms with Crippen LogP contribution in [-0.4, -0.2) is 36.7 Å². The Bertz CT molecular complexity index is 239. The van der Waals surface area contributed by atoms with Gasteiger partial charge < -0.3 is 21.9 Å². The summed E-state index contributed by atoms with van der Waals surface area (Å²) < 4.78 is 0. The molecule has 6 N–H and O–H groups in total. The second-order valence-corrected chi connectivity index (χ2v) is 3.84. The van der Waals surface area contributed by atoms with Crippen LogP contribution < -0.4 is 16.8 Å². The van der Waals surface area contributed by atoms with Crippen molar-refractivity contribution in [2.75, 3.05) is 13.6 Å². The van der Waals surface area contributed by atoms with Gasteiger partial charge in [-0.2, -0.15) is 0 Å². The smallest absolute Gasteiger partial charge is 0.320 e. The molecule has 6 nitrogen and oxygen atoms in total. The van der Waals surface area contributed by atoms with Gasteiger partial charge in [-0.05, 0) is 25.8 Å². The highest BCUT2D eigenvalue weighted by atomic mass is 16.4. The zero-order valence-corrected chi connectivity index (χ0v) is 9.94. The van der Waals surface area contributed by atoms with Gasteiger partial charge in [0.2, 0.25) is 0 Å². The number of guanidine groups is 1. The molecule has 0 bridgehead atoms. The first-order valence-corrected chi connectivity index (χ1v) is 5.46. The normalized spacial score (nSPS) is 14.1. The molecule has 0 aliphatic carbocycles. The van der Waals surface area contributed by atoms with Gasteiger partial charge in [-0.15, -0.1) is 0 Å². The number of hydrogen-bond donors (Lipinski definition) is 4. The van der Waals surface area contributed by atoms with Crippen LogP contribution >= 0.6 is 0 Å². The number of aliphatic imine (C=N–C) groups is 1. The molecular weight excluding hydrogens is 208 g/mol. The van der Waals surface area contributed by atoms with Gasteiger partial charge in [0.1, 0.15) is 6.04 Å². The number of rotatable bonds is 8. The number of likely N-dealkylation sites (N-methyl/N-ethyl adjacent to an activating group) is 1. The van der Waals surface area contributed by atoms with Crippen LogP contribution in [0.1, 0.15) is 26.2 Å². The number of nitrogens with zero attached hydrogens (tertiary/aromatic N) is 1. The Hall–Kier alpha value is -1.30. The standard InChI is InChI=1S/C10H22N4O2/c1-3-4-7(6-14-10(11)12)5-8(13-2)9(15)16/h7-8,13H,3-6H2,1-2H3,(H,15,16)(H4,11,12,14). The predicted octanol–water partition coefficient (Wildman–Crippen LogP) is -0.261. The summed E-state index contributed by atoms with van der Waals surface area (Å²) in [5.74, 6) is -0.591. The minimum absolute atomic E-state index is 0.0532. The van der Waals surface area contributed by atoms with Crippen molar-refractivity contribution in [1.82, 2.24) is 5.32 Å². The second kappa shape index (κ2) is 7.92. The molecule has 0 aromatic carbocycles. The van der Waals surface area contributed by atoms with E-state index in [-0.39, 0.29) is 11.9 Å². The average Bonchev–Trinajstić information content (AvgIpc) is 2.21. The molecule has 0 rings (SSSR count). The number of carbonyl (C=O) groups is 1. The zero-order valence-electron chi connectivity index (χ0n) is 9.94. The lowest BCUT2D eigenvalue weighted by molar-refractivity contribution is -0.139. The minimum atomic E-state index is -0.840. The molecule has 0 radical (unpaired) electrons. The zero-order chi connectivity index (χ0) is 12.6. The fourth-order valence-electron chi connectivity index (χ4n) is 1.60. The first kappa shape index (κ1) is 14.7. The summed E-state index contributed by atoms with van der Waals surface area (Å²) in [5.41, 5.74) is 10.5. The molecule has 0 aliphatic rings. The Kier molecular flexibility index (Phi) is 7.28. The minimum Gasteiger partial charge on any atom is -0.480 e. The van der Waals surface area contributed by atoms with Crippen LogP contribution in [0.15, 0.2) is 4.99 Å². The van der Waals surface area contributed by atoms with Gasteiger partial charge >= 0.3 is 5.97 Å². The second-order valence-electron chi connectivity index (χ2n) is 3.84. The Labute approximate surface area is 96.1 Å². The monoisotopic (exact) mass is 230 g/mol. The predicted molar refractivity (Wildman–Crippen MR) is 64.2 cm³/mol. The van der Waals surface area contributed by atoms with E-state index in [9.17, 15) is 4.79 Å². The molecule has 2 atom stereocenters. The Morgan fingerprint density at radius 1 is 1.50 bits per heavy atom. The summed E-state index contributed by atoms with van der Waals surface area (Å²) in [6.45, 7) is 2.54. The topological polar surface area (TPSA) is 114 Å². The SMILES string of the molecule is CCCC(CN=C(N)N)CC(NC)C(=O)O. The Morgan fingerprint density at radius 3 is 2.50 bits per heavy atom. The van der Waals surface area contributed by atoms with E-state index in [1.807, 2.05) is 0 Å². The van der Waals surface area contributed by atoms with Crippen LogP contribution in [0.4, 0.5) is 0 Å². The lowest BCUT2D eigenvalue weighted by atomic mass is 9.95. The molecule has 0 saturated carbocycles. The van der Waals surface area contributed by atoms with Gasteiger partial charge in [0.25, 0.3) is 0 Å². The average molecular weight is 230 g/mol. The van der Waals surface area contributed by atoms with Crippen LogP contribution in [0.5, 0.6) is 0 Å². The molecule has 0 spiro atoms. The van der Waals surface area contributed by atoms with Gasteiger partial charge in [0.15, 0.2) is 5.96 Å². The Morgan fingerprint density at radius 2 is 2.12 bits per heavy atom. The molecule has 0 fully saturated rings. The molecule has 0 heterocycles. The molecule has 6 heteroatoms. The van der Waals surface area contributed by atoms with Crippen LogP contribution in [0.3, 0.4) is 0 Å². The highest BCUT2D eigenvalue weighted by Gasteiger charge is 2.20. The largest absolute Gasteiger partial charge is 0.480 e. The van der Waals surface area contributed by atoms with E-state index in [1.165, 1.54) is 0 Å². The van der Waals surface area contributed by atoms with Crippen molar-refractivity contribution in [3.05, 3.63) is 0 Å². The summed E-state index contributed by atoms with van der Waals surface area (Å²) >= 11 is 0. The quantitative estimate of drug-likeness (QED) is 0.339. The molecular formula is C10H22N4O2. The maximum Gasteiger partial charge on any atom is 0.320 e. The third-order valence-corrected chi connectivity index (χ3v) is 2.44. The number of nitrogens with two attached hydrogens (primary N) is 2. The number of carboxylic acids is 1. The van der Waals surface area contributed by atoms with Crippen LogP contribution in [0.2, 0.25) is 0 Å². The molecule has 0 aromatic rings. The third-order valence-electron chi connectivity index (χ3n) is 2.44. The fourth-order valence-corrected chi connectivity index (χ4v) is 1.60. The van der Waals surface area contributed by atoms with Crippen molar-refractivity contribution < 1.29 is 9.90 Å². The number of nitrogens with one attached hydrogen (secondary N) is 1. The maximum absolute atomic E-state index is 10.9. The van der Waals surface area contributed by atoms with E-state index < -0.39 is 12.0 Å². The summed E-state index contributed by atoms with van der Waals surface area (Å²) in [6, 6.07) is -0.536. The first-order valence-electron chi connectivity index (χ1n) is 5.46. The van der Waals surface area contributed by atoms with E-state index in [4.69, 9.17) is 16.6 Å². The van der Waals surface area contributed by atoms with Crippen LogP contribution in [0, 0.1) is 5.92 Å². The first-order chi connectivity index (χ1) is 7.51. The van der Waals surface area contributed by atoms with E-state index >= 15 is 0 Å². The fraction of sp³-hybridized carbons (Fsp3) is 0.800. The molecule has 2 unspecified atom stereocenters. The number of hydrogen-bond acceptors (Lipinski definition) is 3. The molecule has 0 aromatic heterocycles. The summed E-state index contributed by atoms with van der Waals surface area (Å²) in [4.78, 5) is 14.8. The number of aliphatic carboxylic acids is 1. The van der Waals surface area contributed by atoms with Crippen molar-refractivity contribution in [3.8, 4) is 0 Å². The van der Waals surface area contributed by atoms with Gasteiger partial charge in [-0.1, -0.05) is 13.3 Å². The molecule has 16 heavy (non-hydrogen) atoms. The van der Waals surface area contributed by atoms with Crippen molar-refractivity contribution in [2.24, 2.45) is 22.4 Å². The van der Waals surface area contributed by atoms with E-state index in [0.717, 1.165) is 12.8 Å². The lowest BCUT2D eigenvalue weighted by Gasteiger charge is -2.18. The molecule has 0 aliphatic heterocycles. The van der Waals surface area contributed by atoms with Crippen molar-refractivity contribution in [3.63, 3.8) is 0 Å². The summed E-state index contributed by atoms with van der Waals surface area (Å²) in [5, 5.41) is 11.7. The summed E-state index contributed by atoms with van der Waals surface area (Å²) in [6.07, 6.45) is 2.44. The highest BCUT2D eigenvalue weighted by Crippen LogP contribution is 2.14. The third kappa shape index (κ3) is 6.23. The van der Waals surface area contributed by atoms with E-state index in [2.05, 4.69) is 17.2 Å². The van der Waals surface area contributed by atoms with E-state index in [1.54, 1.807) is 7.05 Å². The van der Waals surface area contributed by atoms with Gasteiger partial charge in [0.05, 0.1) is 0 Å². The summed E-state index contributed by atoms with van der Waals surface area (Å²) in [7, 11) is 1.64. The number of carboxylic acid groups (broad SMARTS) is 1.